The number of anilines is 1. The van der Waals surface area contributed by atoms with Crippen LogP contribution in [0.4, 0.5) is 5.13 Å². The summed E-state index contributed by atoms with van der Waals surface area (Å²) in [5.41, 5.74) is 0.994. The van der Waals surface area contributed by atoms with Gasteiger partial charge in [0.2, 0.25) is 0 Å². The minimum absolute atomic E-state index is 0.139. The zero-order chi connectivity index (χ0) is 13.7. The van der Waals surface area contributed by atoms with Crippen LogP contribution >= 0.6 is 11.3 Å². The molecule has 1 fully saturated rings. The molecule has 1 heterocycles. The Morgan fingerprint density at radius 2 is 2.37 bits per heavy atom. The Balaban J connectivity index is 1.78. The van der Waals surface area contributed by atoms with E-state index in [1.54, 1.807) is 11.3 Å². The average Bonchev–Trinajstić information content (AvgIpc) is 2.80. The zero-order valence-corrected chi connectivity index (χ0v) is 12.5. The zero-order valence-electron chi connectivity index (χ0n) is 11.7. The summed E-state index contributed by atoms with van der Waals surface area (Å²) in [7, 11) is 2.10. The van der Waals surface area contributed by atoms with Crippen LogP contribution in [0.15, 0.2) is 5.38 Å². The quantitative estimate of drug-likeness (QED) is 0.721. The van der Waals surface area contributed by atoms with Crippen molar-refractivity contribution in [1.29, 1.82) is 0 Å². The van der Waals surface area contributed by atoms with Crippen LogP contribution in [0.1, 0.15) is 38.3 Å². The second kappa shape index (κ2) is 6.89. The number of aromatic nitrogens is 1. The molecular weight excluding hydrogens is 260 g/mol. The highest BCUT2D eigenvalue weighted by Gasteiger charge is 2.20. The number of aryl methyl sites for hydroxylation is 1. The highest BCUT2D eigenvalue weighted by Crippen LogP contribution is 2.29. The summed E-state index contributed by atoms with van der Waals surface area (Å²) in [6.45, 7) is 3.38. The smallest absolute Gasteiger partial charge is 0.306 e. The fourth-order valence-corrected chi connectivity index (χ4v) is 3.03. The van der Waals surface area contributed by atoms with E-state index in [4.69, 9.17) is 4.74 Å². The number of carbonyl (C=O) groups is 1. The molecule has 0 spiro atoms. The van der Waals surface area contributed by atoms with Crippen molar-refractivity contribution in [3.8, 4) is 0 Å². The van der Waals surface area contributed by atoms with Crippen molar-refractivity contribution < 1.29 is 9.53 Å². The molecule has 0 saturated heterocycles. The molecule has 0 bridgehead atoms. The minimum Gasteiger partial charge on any atom is -0.466 e. The highest BCUT2D eigenvalue weighted by molar-refractivity contribution is 7.13. The molecule has 1 aliphatic carbocycles. The SMILES string of the molecule is CCOC(=O)CCc1csc(N(C)CC2CCC2)n1. The first-order valence-corrected chi connectivity index (χ1v) is 7.88. The number of nitrogens with zero attached hydrogens (tertiary/aromatic N) is 2. The molecule has 0 radical (unpaired) electrons. The summed E-state index contributed by atoms with van der Waals surface area (Å²) in [5.74, 6) is 0.705. The summed E-state index contributed by atoms with van der Waals surface area (Å²) in [6, 6.07) is 0. The van der Waals surface area contributed by atoms with E-state index in [1.165, 1.54) is 19.3 Å². The Morgan fingerprint density at radius 3 is 3.00 bits per heavy atom. The maximum Gasteiger partial charge on any atom is 0.306 e. The molecule has 0 N–H and O–H groups in total. The van der Waals surface area contributed by atoms with Crippen LogP contribution in [0.5, 0.6) is 0 Å². The van der Waals surface area contributed by atoms with E-state index in [-0.39, 0.29) is 5.97 Å². The normalized spacial score (nSPS) is 15.1. The lowest BCUT2D eigenvalue weighted by Crippen LogP contribution is -2.29. The van der Waals surface area contributed by atoms with Crippen molar-refractivity contribution in [2.75, 3.05) is 25.1 Å². The molecular formula is C14H22N2O2S. The molecule has 0 aromatic carbocycles. The average molecular weight is 282 g/mol. The first kappa shape index (κ1) is 14.3. The lowest BCUT2D eigenvalue weighted by molar-refractivity contribution is -0.143. The molecule has 1 aliphatic rings. The van der Waals surface area contributed by atoms with Crippen LogP contribution in [0.3, 0.4) is 0 Å². The maximum atomic E-state index is 11.3. The van der Waals surface area contributed by atoms with Gasteiger partial charge in [0, 0.05) is 25.4 Å². The van der Waals surface area contributed by atoms with Gasteiger partial charge in [0.15, 0.2) is 5.13 Å². The van der Waals surface area contributed by atoms with Gasteiger partial charge in [0.25, 0.3) is 0 Å². The van der Waals surface area contributed by atoms with Gasteiger partial charge in [-0.1, -0.05) is 6.42 Å². The van der Waals surface area contributed by atoms with E-state index in [1.807, 2.05) is 12.3 Å². The number of hydrogen-bond donors (Lipinski definition) is 0. The lowest BCUT2D eigenvalue weighted by atomic mass is 9.85. The third-order valence-electron chi connectivity index (χ3n) is 3.51. The van der Waals surface area contributed by atoms with Gasteiger partial charge >= 0.3 is 5.97 Å². The van der Waals surface area contributed by atoms with Crippen molar-refractivity contribution in [2.45, 2.75) is 39.0 Å². The van der Waals surface area contributed by atoms with Crippen molar-refractivity contribution in [2.24, 2.45) is 5.92 Å². The molecule has 0 unspecified atom stereocenters. The molecule has 2 rings (SSSR count). The van der Waals surface area contributed by atoms with E-state index in [2.05, 4.69) is 16.9 Å². The highest BCUT2D eigenvalue weighted by atomic mass is 32.1. The largest absolute Gasteiger partial charge is 0.466 e. The van der Waals surface area contributed by atoms with Crippen molar-refractivity contribution in [3.63, 3.8) is 0 Å². The summed E-state index contributed by atoms with van der Waals surface area (Å²) < 4.78 is 4.92. The first-order valence-electron chi connectivity index (χ1n) is 7.00. The van der Waals surface area contributed by atoms with E-state index in [0.717, 1.165) is 23.3 Å². The number of thiazole rings is 1. The Morgan fingerprint density at radius 1 is 1.58 bits per heavy atom. The predicted molar refractivity (Wildman–Crippen MR) is 77.7 cm³/mol. The molecule has 0 aliphatic heterocycles. The van der Waals surface area contributed by atoms with Gasteiger partial charge in [0.05, 0.1) is 18.7 Å². The van der Waals surface area contributed by atoms with Crippen molar-refractivity contribution >= 4 is 22.4 Å². The van der Waals surface area contributed by atoms with Gasteiger partial charge in [-0.15, -0.1) is 11.3 Å². The molecule has 0 amide bonds. The van der Waals surface area contributed by atoms with Gasteiger partial charge in [-0.05, 0) is 25.7 Å². The lowest BCUT2D eigenvalue weighted by Gasteiger charge is -2.29. The van der Waals surface area contributed by atoms with Crippen LogP contribution in [0.25, 0.3) is 0 Å². The number of rotatable bonds is 7. The summed E-state index contributed by atoms with van der Waals surface area (Å²) in [5, 5.41) is 3.11. The fourth-order valence-electron chi connectivity index (χ4n) is 2.19. The number of carbonyl (C=O) groups excluding carboxylic acids is 1. The van der Waals surface area contributed by atoms with Crippen LogP contribution in [-0.2, 0) is 16.0 Å². The monoisotopic (exact) mass is 282 g/mol. The van der Waals surface area contributed by atoms with Gasteiger partial charge in [-0.3, -0.25) is 4.79 Å². The summed E-state index contributed by atoms with van der Waals surface area (Å²) >= 11 is 1.66. The van der Waals surface area contributed by atoms with Crippen LogP contribution < -0.4 is 4.90 Å². The Hall–Kier alpha value is -1.10. The molecule has 5 heteroatoms. The molecule has 4 nitrogen and oxygen atoms in total. The Bertz CT molecular complexity index is 415. The third kappa shape index (κ3) is 4.20. The van der Waals surface area contributed by atoms with E-state index < -0.39 is 0 Å². The van der Waals surface area contributed by atoms with Crippen molar-refractivity contribution in [3.05, 3.63) is 11.1 Å². The molecule has 1 aromatic heterocycles. The molecule has 0 atom stereocenters. The van der Waals surface area contributed by atoms with Crippen LogP contribution in [0, 0.1) is 5.92 Å². The molecule has 19 heavy (non-hydrogen) atoms. The second-order valence-corrected chi connectivity index (χ2v) is 5.94. The topological polar surface area (TPSA) is 42.4 Å². The first-order chi connectivity index (χ1) is 9.19. The van der Waals surface area contributed by atoms with Gasteiger partial charge in [-0.2, -0.15) is 0 Å². The second-order valence-electron chi connectivity index (χ2n) is 5.10. The van der Waals surface area contributed by atoms with Gasteiger partial charge in [0.1, 0.15) is 0 Å². The fraction of sp³-hybridized carbons (Fsp3) is 0.714. The summed E-state index contributed by atoms with van der Waals surface area (Å²) in [6.07, 6.45) is 5.17. The number of hydrogen-bond acceptors (Lipinski definition) is 5. The third-order valence-corrected chi connectivity index (χ3v) is 4.52. The van der Waals surface area contributed by atoms with Crippen LogP contribution in [0.2, 0.25) is 0 Å². The van der Waals surface area contributed by atoms with E-state index in [9.17, 15) is 4.79 Å². The minimum atomic E-state index is -0.139. The standard InChI is InChI=1S/C14H22N2O2S/c1-3-18-13(17)8-7-12-10-19-14(15-12)16(2)9-11-5-4-6-11/h10-11H,3-9H2,1-2H3. The van der Waals surface area contributed by atoms with E-state index in [0.29, 0.717) is 19.4 Å². The van der Waals surface area contributed by atoms with E-state index >= 15 is 0 Å². The maximum absolute atomic E-state index is 11.3. The molecule has 1 aromatic rings. The Kier molecular flexibility index (Phi) is 5.19. The Labute approximate surface area is 118 Å². The molecule has 106 valence electrons. The van der Waals surface area contributed by atoms with Gasteiger partial charge < -0.3 is 9.64 Å². The molecule has 1 saturated carbocycles. The van der Waals surface area contributed by atoms with Gasteiger partial charge in [-0.25, -0.2) is 4.98 Å². The van der Waals surface area contributed by atoms with Crippen molar-refractivity contribution in [1.82, 2.24) is 4.98 Å². The number of esters is 1. The summed E-state index contributed by atoms with van der Waals surface area (Å²) in [4.78, 5) is 18.1. The predicted octanol–water partition coefficient (Wildman–Crippen LogP) is 2.88. The van der Waals surface area contributed by atoms with Crippen LogP contribution in [-0.4, -0.2) is 31.2 Å². The number of ether oxygens (including phenoxy) is 1.